The van der Waals surface area contributed by atoms with Crippen molar-refractivity contribution in [3.05, 3.63) is 77.5 Å². The molecule has 2 nitrogen and oxygen atoms in total. The normalized spacial score (nSPS) is 10.7. The van der Waals surface area contributed by atoms with Gasteiger partial charge in [0.25, 0.3) is 0 Å². The summed E-state index contributed by atoms with van der Waals surface area (Å²) in [4.78, 5) is 16.8. The van der Waals surface area contributed by atoms with Crippen molar-refractivity contribution in [3.63, 3.8) is 0 Å². The average Bonchev–Trinajstić information content (AvgIpc) is 2.52. The Morgan fingerprint density at radius 1 is 1.05 bits per heavy atom. The van der Waals surface area contributed by atoms with Crippen LogP contribution in [0.15, 0.2) is 60.8 Å². The largest absolute Gasteiger partial charge is 0.294 e. The lowest BCUT2D eigenvalue weighted by atomic mass is 9.99. The van der Waals surface area contributed by atoms with E-state index >= 15 is 0 Å². The fraction of sp³-hybridized carbons (Fsp3) is 0.158. The van der Waals surface area contributed by atoms with Crippen LogP contribution < -0.4 is 0 Å². The zero-order valence-corrected chi connectivity index (χ0v) is 12.0. The molecule has 0 fully saturated rings. The third kappa shape index (κ3) is 3.00. The quantitative estimate of drug-likeness (QED) is 0.662. The van der Waals surface area contributed by atoms with Crippen molar-refractivity contribution < 1.29 is 4.79 Å². The van der Waals surface area contributed by atoms with Crippen molar-refractivity contribution in [2.75, 3.05) is 0 Å². The maximum absolute atomic E-state index is 12.5. The second kappa shape index (κ2) is 5.88. The van der Waals surface area contributed by atoms with Gasteiger partial charge in [0.05, 0.1) is 5.52 Å². The number of hydrogen-bond acceptors (Lipinski definition) is 2. The molecule has 0 N–H and O–H groups in total. The number of carbonyl (C=O) groups excluding carboxylic acids is 1. The number of rotatable bonds is 4. The van der Waals surface area contributed by atoms with E-state index in [-0.39, 0.29) is 5.78 Å². The van der Waals surface area contributed by atoms with Crippen LogP contribution in [0.3, 0.4) is 0 Å². The molecule has 0 bridgehead atoms. The number of hydrogen-bond donors (Lipinski definition) is 0. The molecular formula is C19H17NO. The van der Waals surface area contributed by atoms with Gasteiger partial charge >= 0.3 is 0 Å². The van der Waals surface area contributed by atoms with Crippen LogP contribution in [0.1, 0.15) is 27.9 Å². The molecule has 0 atom stereocenters. The third-order valence-electron chi connectivity index (χ3n) is 3.67. The number of fused-ring (bicyclic) bond motifs is 1. The number of aromatic nitrogens is 1. The Morgan fingerprint density at radius 3 is 2.76 bits per heavy atom. The molecule has 1 heterocycles. The van der Waals surface area contributed by atoms with E-state index in [0.717, 1.165) is 22.9 Å². The van der Waals surface area contributed by atoms with Crippen LogP contribution >= 0.6 is 0 Å². The highest BCUT2D eigenvalue weighted by Gasteiger charge is 2.10. The van der Waals surface area contributed by atoms with Crippen molar-refractivity contribution >= 4 is 16.7 Å². The molecule has 3 rings (SSSR count). The molecule has 2 aromatic carbocycles. The molecule has 21 heavy (non-hydrogen) atoms. The van der Waals surface area contributed by atoms with Crippen LogP contribution in [0.25, 0.3) is 10.9 Å². The highest BCUT2D eigenvalue weighted by molar-refractivity contribution is 6.07. The summed E-state index contributed by atoms with van der Waals surface area (Å²) in [6, 6.07) is 17.9. The molecular weight excluding hydrogens is 258 g/mol. The summed E-state index contributed by atoms with van der Waals surface area (Å²) < 4.78 is 0. The van der Waals surface area contributed by atoms with Crippen molar-refractivity contribution in [1.82, 2.24) is 4.98 Å². The summed E-state index contributed by atoms with van der Waals surface area (Å²) >= 11 is 0. The van der Waals surface area contributed by atoms with E-state index in [1.54, 1.807) is 6.20 Å². The summed E-state index contributed by atoms with van der Waals surface area (Å²) in [5.74, 6) is 0.176. The summed E-state index contributed by atoms with van der Waals surface area (Å²) in [7, 11) is 0. The van der Waals surface area contributed by atoms with Gasteiger partial charge in [-0.3, -0.25) is 9.78 Å². The van der Waals surface area contributed by atoms with Crippen LogP contribution in [0.4, 0.5) is 0 Å². The highest BCUT2D eigenvalue weighted by atomic mass is 16.1. The Kier molecular flexibility index (Phi) is 3.78. The number of pyridine rings is 1. The zero-order valence-electron chi connectivity index (χ0n) is 12.0. The first-order valence-electron chi connectivity index (χ1n) is 7.16. The van der Waals surface area contributed by atoms with Gasteiger partial charge in [-0.15, -0.1) is 0 Å². The lowest BCUT2D eigenvalue weighted by Crippen LogP contribution is -2.02. The fourth-order valence-electron chi connectivity index (χ4n) is 2.61. The number of ketones is 1. The number of nitrogens with zero attached hydrogens (tertiary/aromatic N) is 1. The van der Waals surface area contributed by atoms with Crippen LogP contribution in [0.5, 0.6) is 0 Å². The molecule has 2 heteroatoms. The lowest BCUT2D eigenvalue weighted by molar-refractivity contribution is 0.0984. The van der Waals surface area contributed by atoms with Gasteiger partial charge in [-0.05, 0) is 31.0 Å². The van der Waals surface area contributed by atoms with Gasteiger partial charge in [0, 0.05) is 23.6 Å². The van der Waals surface area contributed by atoms with Gasteiger partial charge in [0.15, 0.2) is 5.78 Å². The van der Waals surface area contributed by atoms with Gasteiger partial charge in [-0.2, -0.15) is 0 Å². The van der Waals surface area contributed by atoms with Gasteiger partial charge in [0.2, 0.25) is 0 Å². The Balaban J connectivity index is 1.81. The smallest absolute Gasteiger partial charge is 0.163 e. The predicted molar refractivity (Wildman–Crippen MR) is 85.6 cm³/mol. The SMILES string of the molecule is Cc1cccc(CCC(=O)c2cccc3ncccc23)c1. The minimum absolute atomic E-state index is 0.176. The first-order chi connectivity index (χ1) is 10.2. The van der Waals surface area contributed by atoms with Crippen molar-refractivity contribution in [1.29, 1.82) is 0 Å². The molecule has 104 valence electrons. The van der Waals surface area contributed by atoms with E-state index in [9.17, 15) is 4.79 Å². The van der Waals surface area contributed by atoms with Gasteiger partial charge in [-0.1, -0.05) is 48.0 Å². The molecule has 0 aliphatic rings. The molecule has 1 aromatic heterocycles. The Bertz CT molecular complexity index is 787. The maximum atomic E-state index is 12.5. The van der Waals surface area contributed by atoms with E-state index in [4.69, 9.17) is 0 Å². The number of benzene rings is 2. The Morgan fingerprint density at radius 2 is 1.90 bits per heavy atom. The van der Waals surface area contributed by atoms with E-state index in [2.05, 4.69) is 30.1 Å². The Hall–Kier alpha value is -2.48. The fourth-order valence-corrected chi connectivity index (χ4v) is 2.61. The predicted octanol–water partition coefficient (Wildman–Crippen LogP) is 4.36. The summed E-state index contributed by atoms with van der Waals surface area (Å²) in [5, 5.41) is 0.939. The van der Waals surface area contributed by atoms with Gasteiger partial charge in [0.1, 0.15) is 0 Å². The number of aryl methyl sites for hydroxylation is 2. The topological polar surface area (TPSA) is 30.0 Å². The van der Waals surface area contributed by atoms with Crippen LogP contribution in [0, 0.1) is 6.92 Å². The first kappa shape index (κ1) is 13.5. The van der Waals surface area contributed by atoms with E-state index < -0.39 is 0 Å². The molecule has 0 saturated carbocycles. The Labute approximate surface area is 124 Å². The van der Waals surface area contributed by atoms with Crippen molar-refractivity contribution in [2.24, 2.45) is 0 Å². The molecule has 0 saturated heterocycles. The number of carbonyl (C=O) groups is 1. The molecule has 0 unspecified atom stereocenters. The second-order valence-electron chi connectivity index (χ2n) is 5.29. The number of Topliss-reactive ketones (excluding diaryl/α,β-unsaturated/α-hetero) is 1. The van der Waals surface area contributed by atoms with Crippen LogP contribution in [0.2, 0.25) is 0 Å². The van der Waals surface area contributed by atoms with Crippen molar-refractivity contribution in [2.45, 2.75) is 19.8 Å². The van der Waals surface area contributed by atoms with E-state index in [0.29, 0.717) is 6.42 Å². The minimum atomic E-state index is 0.176. The second-order valence-corrected chi connectivity index (χ2v) is 5.29. The molecule has 0 spiro atoms. The maximum Gasteiger partial charge on any atom is 0.163 e. The summed E-state index contributed by atoms with van der Waals surface area (Å²) in [6.07, 6.45) is 3.05. The molecule has 0 aliphatic heterocycles. The first-order valence-corrected chi connectivity index (χ1v) is 7.16. The standard InChI is InChI=1S/C19H17NO/c1-14-5-2-6-15(13-14)10-11-19(21)17-7-3-9-18-16(17)8-4-12-20-18/h2-9,12-13H,10-11H2,1H3. The third-order valence-corrected chi connectivity index (χ3v) is 3.67. The van der Waals surface area contributed by atoms with Crippen molar-refractivity contribution in [3.8, 4) is 0 Å². The van der Waals surface area contributed by atoms with Gasteiger partial charge < -0.3 is 0 Å². The summed E-state index contributed by atoms with van der Waals surface area (Å²) in [5.41, 5.74) is 4.09. The highest BCUT2D eigenvalue weighted by Crippen LogP contribution is 2.19. The van der Waals surface area contributed by atoms with E-state index in [1.807, 2.05) is 36.4 Å². The van der Waals surface area contributed by atoms with Crippen LogP contribution in [-0.2, 0) is 6.42 Å². The monoisotopic (exact) mass is 275 g/mol. The van der Waals surface area contributed by atoms with Crippen LogP contribution in [-0.4, -0.2) is 10.8 Å². The molecule has 0 aliphatic carbocycles. The van der Waals surface area contributed by atoms with E-state index in [1.165, 1.54) is 11.1 Å². The lowest BCUT2D eigenvalue weighted by Gasteiger charge is -2.06. The van der Waals surface area contributed by atoms with Gasteiger partial charge in [-0.25, -0.2) is 0 Å². The molecule has 0 radical (unpaired) electrons. The molecule has 0 amide bonds. The zero-order chi connectivity index (χ0) is 14.7. The minimum Gasteiger partial charge on any atom is -0.294 e. The average molecular weight is 275 g/mol. The molecule has 3 aromatic rings. The summed E-state index contributed by atoms with van der Waals surface area (Å²) in [6.45, 7) is 2.07.